The highest BCUT2D eigenvalue weighted by Crippen LogP contribution is 2.23. The second-order valence-electron chi connectivity index (χ2n) is 6.16. The van der Waals surface area contributed by atoms with E-state index in [-0.39, 0.29) is 5.82 Å². The van der Waals surface area contributed by atoms with Crippen molar-refractivity contribution in [3.05, 3.63) is 48.9 Å². The first-order valence-electron chi connectivity index (χ1n) is 8.20. The number of fused-ring (bicyclic) bond motifs is 1. The summed E-state index contributed by atoms with van der Waals surface area (Å²) in [5, 5.41) is 15.0. The van der Waals surface area contributed by atoms with Crippen molar-refractivity contribution in [1.82, 2.24) is 29.9 Å². The zero-order chi connectivity index (χ0) is 19.7. The molecule has 2 N–H and O–H groups in total. The van der Waals surface area contributed by atoms with E-state index >= 15 is 0 Å². The SMILES string of the molecule is Cn1cc(-c2cnc3ccc(Nc4ccc(NS(C)(=O)=O)nn4)nc3c2)cn1. The van der Waals surface area contributed by atoms with Crippen LogP contribution in [0.15, 0.2) is 48.9 Å². The number of aromatic nitrogens is 6. The Hall–Kier alpha value is -3.60. The van der Waals surface area contributed by atoms with Gasteiger partial charge < -0.3 is 5.32 Å². The molecule has 4 rings (SSSR count). The molecule has 11 heteroatoms. The van der Waals surface area contributed by atoms with Gasteiger partial charge in [-0.1, -0.05) is 0 Å². The summed E-state index contributed by atoms with van der Waals surface area (Å²) in [5.74, 6) is 1.14. The smallest absolute Gasteiger partial charge is 0.231 e. The van der Waals surface area contributed by atoms with Crippen LogP contribution in [0, 0.1) is 0 Å². The normalized spacial score (nSPS) is 11.5. The van der Waals surface area contributed by atoms with Gasteiger partial charge in [0.2, 0.25) is 10.0 Å². The maximum atomic E-state index is 11.2. The molecule has 0 bridgehead atoms. The molecular weight excluding hydrogens is 380 g/mol. The summed E-state index contributed by atoms with van der Waals surface area (Å²) in [6, 6.07) is 8.69. The molecule has 0 atom stereocenters. The van der Waals surface area contributed by atoms with Gasteiger partial charge in [-0.25, -0.2) is 13.4 Å². The summed E-state index contributed by atoms with van der Waals surface area (Å²) in [6.45, 7) is 0. The number of pyridine rings is 2. The van der Waals surface area contributed by atoms with Crippen molar-refractivity contribution in [1.29, 1.82) is 0 Å². The molecule has 0 amide bonds. The van der Waals surface area contributed by atoms with E-state index in [0.717, 1.165) is 28.4 Å². The maximum Gasteiger partial charge on any atom is 0.231 e. The summed E-state index contributed by atoms with van der Waals surface area (Å²) in [6.07, 6.45) is 6.51. The molecule has 28 heavy (non-hydrogen) atoms. The third kappa shape index (κ3) is 4.04. The topological polar surface area (TPSA) is 128 Å². The lowest BCUT2D eigenvalue weighted by Gasteiger charge is -2.07. The lowest BCUT2D eigenvalue weighted by Crippen LogP contribution is -2.11. The Bertz CT molecular complexity index is 1250. The fraction of sp³-hybridized carbons (Fsp3) is 0.118. The molecule has 0 aromatic carbocycles. The van der Waals surface area contributed by atoms with Crippen molar-refractivity contribution >= 4 is 38.5 Å². The van der Waals surface area contributed by atoms with Crippen LogP contribution in [0.1, 0.15) is 0 Å². The second-order valence-corrected chi connectivity index (χ2v) is 7.91. The van der Waals surface area contributed by atoms with Crippen LogP contribution in [-0.2, 0) is 17.1 Å². The lowest BCUT2D eigenvalue weighted by molar-refractivity contribution is 0.606. The van der Waals surface area contributed by atoms with E-state index in [4.69, 9.17) is 0 Å². The molecule has 0 aliphatic heterocycles. The number of aryl methyl sites for hydroxylation is 1. The van der Waals surface area contributed by atoms with Crippen LogP contribution in [0.25, 0.3) is 22.2 Å². The Kier molecular flexibility index (Phi) is 4.35. The first-order valence-corrected chi connectivity index (χ1v) is 10.1. The van der Waals surface area contributed by atoms with Gasteiger partial charge >= 0.3 is 0 Å². The Labute approximate surface area is 160 Å². The van der Waals surface area contributed by atoms with Crippen LogP contribution in [0.5, 0.6) is 0 Å². The van der Waals surface area contributed by atoms with Crippen LogP contribution in [-0.4, -0.2) is 44.6 Å². The number of rotatable bonds is 5. The van der Waals surface area contributed by atoms with Gasteiger partial charge in [0.15, 0.2) is 11.6 Å². The van der Waals surface area contributed by atoms with Crippen molar-refractivity contribution in [2.75, 3.05) is 16.3 Å². The Morgan fingerprint density at radius 3 is 2.36 bits per heavy atom. The maximum absolute atomic E-state index is 11.2. The summed E-state index contributed by atoms with van der Waals surface area (Å²) < 4.78 is 26.4. The number of anilines is 3. The Balaban J connectivity index is 1.58. The van der Waals surface area contributed by atoms with E-state index < -0.39 is 10.0 Å². The molecule has 4 aromatic rings. The summed E-state index contributed by atoms with van der Waals surface area (Å²) in [5.41, 5.74) is 3.35. The fourth-order valence-corrected chi connectivity index (χ4v) is 3.07. The van der Waals surface area contributed by atoms with Crippen LogP contribution in [0.2, 0.25) is 0 Å². The lowest BCUT2D eigenvalue weighted by atomic mass is 10.1. The third-order valence-corrected chi connectivity index (χ3v) is 4.37. The highest BCUT2D eigenvalue weighted by molar-refractivity contribution is 7.92. The van der Waals surface area contributed by atoms with E-state index in [1.165, 1.54) is 6.07 Å². The van der Waals surface area contributed by atoms with Gasteiger partial charge in [-0.2, -0.15) is 5.10 Å². The summed E-state index contributed by atoms with van der Waals surface area (Å²) in [7, 11) is -1.54. The van der Waals surface area contributed by atoms with Gasteiger partial charge in [0.1, 0.15) is 5.82 Å². The molecule has 0 saturated heterocycles. The predicted molar refractivity (Wildman–Crippen MR) is 106 cm³/mol. The monoisotopic (exact) mass is 396 g/mol. The molecule has 0 spiro atoms. The second kappa shape index (κ2) is 6.85. The van der Waals surface area contributed by atoms with Gasteiger partial charge in [0.05, 0.1) is 23.5 Å². The molecule has 10 nitrogen and oxygen atoms in total. The third-order valence-electron chi connectivity index (χ3n) is 3.79. The molecule has 4 aromatic heterocycles. The average Bonchev–Trinajstić information content (AvgIpc) is 3.08. The minimum atomic E-state index is -3.40. The van der Waals surface area contributed by atoms with Crippen molar-refractivity contribution in [3.8, 4) is 11.1 Å². The van der Waals surface area contributed by atoms with Gasteiger partial charge in [-0.15, -0.1) is 10.2 Å². The number of nitrogens with zero attached hydrogens (tertiary/aromatic N) is 6. The van der Waals surface area contributed by atoms with Gasteiger partial charge in [-0.3, -0.25) is 14.4 Å². The van der Waals surface area contributed by atoms with Crippen molar-refractivity contribution < 1.29 is 8.42 Å². The van der Waals surface area contributed by atoms with Crippen molar-refractivity contribution in [2.24, 2.45) is 7.05 Å². The van der Waals surface area contributed by atoms with Crippen molar-refractivity contribution in [3.63, 3.8) is 0 Å². The van der Waals surface area contributed by atoms with Crippen molar-refractivity contribution in [2.45, 2.75) is 0 Å². The van der Waals surface area contributed by atoms with Gasteiger partial charge in [-0.05, 0) is 30.3 Å². The molecule has 0 saturated carbocycles. The van der Waals surface area contributed by atoms with E-state index in [0.29, 0.717) is 11.6 Å². The van der Waals surface area contributed by atoms with E-state index in [9.17, 15) is 8.42 Å². The zero-order valence-corrected chi connectivity index (χ0v) is 15.8. The van der Waals surface area contributed by atoms with Crippen LogP contribution >= 0.6 is 0 Å². The van der Waals surface area contributed by atoms with Crippen LogP contribution < -0.4 is 10.0 Å². The number of nitrogens with one attached hydrogen (secondary N) is 2. The minimum Gasteiger partial charge on any atom is -0.323 e. The van der Waals surface area contributed by atoms with E-state index in [2.05, 4.69) is 35.3 Å². The molecule has 0 radical (unpaired) electrons. The molecule has 0 aliphatic rings. The van der Waals surface area contributed by atoms with Gasteiger partial charge in [0.25, 0.3) is 0 Å². The number of hydrogen-bond acceptors (Lipinski definition) is 8. The number of hydrogen-bond donors (Lipinski definition) is 2. The predicted octanol–water partition coefficient (Wildman–Crippen LogP) is 1.94. The first-order chi connectivity index (χ1) is 13.4. The highest BCUT2D eigenvalue weighted by atomic mass is 32.2. The minimum absolute atomic E-state index is 0.143. The van der Waals surface area contributed by atoms with Gasteiger partial charge in [0, 0.05) is 30.6 Å². The molecule has 0 fully saturated rings. The Morgan fingerprint density at radius 1 is 0.929 bits per heavy atom. The highest BCUT2D eigenvalue weighted by Gasteiger charge is 2.07. The van der Waals surface area contributed by atoms with E-state index in [1.807, 2.05) is 25.4 Å². The quantitative estimate of drug-likeness (QED) is 0.524. The van der Waals surface area contributed by atoms with Crippen LogP contribution in [0.3, 0.4) is 0 Å². The molecule has 0 aliphatic carbocycles. The molecule has 0 unspecified atom stereocenters. The summed E-state index contributed by atoms with van der Waals surface area (Å²) in [4.78, 5) is 9.01. The summed E-state index contributed by atoms with van der Waals surface area (Å²) >= 11 is 0. The molecular formula is C17H16N8O2S. The fourth-order valence-electron chi connectivity index (χ4n) is 2.58. The standard InChI is InChI=1S/C17H16N8O2S/c1-25-10-12(9-19-25)11-7-14-13(18-8-11)3-4-15(20-14)21-16-5-6-17(23-22-16)24-28(2,26)27/h3-10H,1-2H3,(H,23,24)(H,20,21,22). The molecule has 4 heterocycles. The number of sulfonamides is 1. The zero-order valence-electron chi connectivity index (χ0n) is 15.0. The molecule has 142 valence electrons. The Morgan fingerprint density at radius 2 is 1.68 bits per heavy atom. The first kappa shape index (κ1) is 17.8. The van der Waals surface area contributed by atoms with E-state index in [1.54, 1.807) is 29.2 Å². The average molecular weight is 396 g/mol. The largest absolute Gasteiger partial charge is 0.323 e. The van der Waals surface area contributed by atoms with Crippen LogP contribution in [0.4, 0.5) is 17.5 Å².